The Balaban J connectivity index is 2.11. The quantitative estimate of drug-likeness (QED) is 0.541. The molecule has 0 heterocycles. The van der Waals surface area contributed by atoms with Gasteiger partial charge in [-0.15, -0.1) is 0 Å². The van der Waals surface area contributed by atoms with Gasteiger partial charge in [-0.05, 0) is 37.8 Å². The van der Waals surface area contributed by atoms with Crippen LogP contribution in [0, 0.1) is 26.7 Å². The van der Waals surface area contributed by atoms with Gasteiger partial charge in [-0.3, -0.25) is 4.79 Å². The van der Waals surface area contributed by atoms with Gasteiger partial charge in [0.2, 0.25) is 0 Å². The summed E-state index contributed by atoms with van der Waals surface area (Å²) in [5.74, 6) is 0.983. The van der Waals surface area contributed by atoms with Crippen LogP contribution < -0.4 is 0 Å². The first-order valence-corrected chi connectivity index (χ1v) is 7.69. The summed E-state index contributed by atoms with van der Waals surface area (Å²) in [6.07, 6.45) is 8.57. The third-order valence-corrected chi connectivity index (χ3v) is 4.40. The largest absolute Gasteiger partial charge is 0.294 e. The van der Waals surface area contributed by atoms with Crippen molar-refractivity contribution in [3.8, 4) is 0 Å². The molecule has 0 aliphatic heterocycles. The van der Waals surface area contributed by atoms with E-state index in [1.807, 2.05) is 0 Å². The zero-order chi connectivity index (χ0) is 13.8. The number of ketones is 1. The van der Waals surface area contributed by atoms with E-state index in [4.69, 9.17) is 0 Å². The van der Waals surface area contributed by atoms with Crippen molar-refractivity contribution in [1.29, 1.82) is 0 Å². The second-order valence-electron chi connectivity index (χ2n) is 6.26. The second kappa shape index (κ2) is 6.36. The normalized spacial score (nSPS) is 17.2. The summed E-state index contributed by atoms with van der Waals surface area (Å²) < 4.78 is 0. The molecule has 0 spiro atoms. The summed E-state index contributed by atoms with van der Waals surface area (Å²) in [6, 6.07) is 4.26. The van der Waals surface area contributed by atoms with E-state index in [2.05, 4.69) is 32.9 Å². The highest BCUT2D eigenvalue weighted by molar-refractivity contribution is 5.99. The highest BCUT2D eigenvalue weighted by Gasteiger charge is 2.19. The van der Waals surface area contributed by atoms with E-state index in [0.717, 1.165) is 23.1 Å². The Morgan fingerprint density at radius 2 is 1.53 bits per heavy atom. The van der Waals surface area contributed by atoms with E-state index >= 15 is 0 Å². The molecule has 0 saturated heterocycles. The fourth-order valence-electron chi connectivity index (χ4n) is 3.55. The van der Waals surface area contributed by atoms with E-state index in [1.54, 1.807) is 0 Å². The lowest BCUT2D eigenvalue weighted by Crippen LogP contribution is -2.11. The van der Waals surface area contributed by atoms with Crippen LogP contribution in [0.1, 0.15) is 72.0 Å². The van der Waals surface area contributed by atoms with Crippen LogP contribution in [-0.2, 0) is 0 Å². The number of hydrogen-bond donors (Lipinski definition) is 0. The Labute approximate surface area is 117 Å². The first-order valence-electron chi connectivity index (χ1n) is 7.69. The average Bonchev–Trinajstić information content (AvgIpc) is 2.56. The number of aryl methyl sites for hydroxylation is 3. The van der Waals surface area contributed by atoms with Crippen molar-refractivity contribution < 1.29 is 4.79 Å². The second-order valence-corrected chi connectivity index (χ2v) is 6.26. The highest BCUT2D eigenvalue weighted by atomic mass is 16.1. The van der Waals surface area contributed by atoms with Crippen LogP contribution >= 0.6 is 0 Å². The van der Waals surface area contributed by atoms with E-state index in [9.17, 15) is 4.79 Å². The Morgan fingerprint density at radius 3 is 2.05 bits per heavy atom. The molecule has 0 atom stereocenters. The first kappa shape index (κ1) is 14.3. The van der Waals surface area contributed by atoms with Gasteiger partial charge < -0.3 is 0 Å². The average molecular weight is 258 g/mol. The molecule has 1 fully saturated rings. The van der Waals surface area contributed by atoms with Gasteiger partial charge in [0.1, 0.15) is 0 Å². The molecule has 19 heavy (non-hydrogen) atoms. The summed E-state index contributed by atoms with van der Waals surface area (Å²) in [5.41, 5.74) is 4.53. The van der Waals surface area contributed by atoms with E-state index in [-0.39, 0.29) is 0 Å². The molecule has 0 N–H and O–H groups in total. The van der Waals surface area contributed by atoms with Crippen LogP contribution in [0.15, 0.2) is 12.1 Å². The maximum Gasteiger partial charge on any atom is 0.163 e. The highest BCUT2D eigenvalue weighted by Crippen LogP contribution is 2.28. The molecule has 0 aromatic heterocycles. The lowest BCUT2D eigenvalue weighted by atomic mass is 9.88. The van der Waals surface area contributed by atoms with Crippen molar-refractivity contribution in [2.24, 2.45) is 5.92 Å². The van der Waals surface area contributed by atoms with Crippen LogP contribution in [0.3, 0.4) is 0 Å². The minimum absolute atomic E-state index is 0.363. The third-order valence-electron chi connectivity index (χ3n) is 4.40. The third kappa shape index (κ3) is 3.68. The number of benzene rings is 1. The monoisotopic (exact) mass is 258 g/mol. The predicted molar refractivity (Wildman–Crippen MR) is 80.8 cm³/mol. The van der Waals surface area contributed by atoms with Crippen LogP contribution in [0.4, 0.5) is 0 Å². The molecule has 0 unspecified atom stereocenters. The van der Waals surface area contributed by atoms with Gasteiger partial charge in [-0.25, -0.2) is 0 Å². The molecular weight excluding hydrogens is 232 g/mol. The molecule has 1 heteroatoms. The number of carbonyl (C=O) groups is 1. The van der Waals surface area contributed by atoms with Gasteiger partial charge in [0.05, 0.1) is 0 Å². The first-order chi connectivity index (χ1) is 9.08. The van der Waals surface area contributed by atoms with Gasteiger partial charge >= 0.3 is 0 Å². The van der Waals surface area contributed by atoms with Gasteiger partial charge in [-0.1, -0.05) is 56.2 Å². The van der Waals surface area contributed by atoms with Crippen molar-refractivity contribution in [2.75, 3.05) is 0 Å². The fraction of sp³-hybridized carbons (Fsp3) is 0.611. The molecule has 0 amide bonds. The molecule has 0 bridgehead atoms. The summed E-state index contributed by atoms with van der Waals surface area (Å²) in [4.78, 5) is 12.6. The maximum atomic E-state index is 12.6. The molecule has 2 rings (SSSR count). The van der Waals surface area contributed by atoms with Gasteiger partial charge in [-0.2, -0.15) is 0 Å². The summed E-state index contributed by atoms with van der Waals surface area (Å²) >= 11 is 0. The molecule has 0 radical (unpaired) electrons. The molecule has 1 aliphatic carbocycles. The molecule has 1 saturated carbocycles. The van der Waals surface area contributed by atoms with Crippen molar-refractivity contribution in [1.82, 2.24) is 0 Å². The lowest BCUT2D eigenvalue weighted by molar-refractivity contribution is 0.0956. The minimum Gasteiger partial charge on any atom is -0.294 e. The summed E-state index contributed by atoms with van der Waals surface area (Å²) in [5, 5.41) is 0. The summed E-state index contributed by atoms with van der Waals surface area (Å²) in [6.45, 7) is 6.24. The Hall–Kier alpha value is -1.11. The Morgan fingerprint density at radius 1 is 1.00 bits per heavy atom. The number of hydrogen-bond acceptors (Lipinski definition) is 1. The molecule has 104 valence electrons. The van der Waals surface area contributed by atoms with Crippen molar-refractivity contribution in [3.63, 3.8) is 0 Å². The number of rotatable bonds is 3. The number of carbonyl (C=O) groups excluding carboxylic acids is 1. The van der Waals surface area contributed by atoms with E-state index < -0.39 is 0 Å². The molecule has 1 nitrogen and oxygen atoms in total. The molecule has 1 aliphatic rings. The van der Waals surface area contributed by atoms with Gasteiger partial charge in [0.15, 0.2) is 5.78 Å². The van der Waals surface area contributed by atoms with Crippen molar-refractivity contribution in [3.05, 3.63) is 34.4 Å². The van der Waals surface area contributed by atoms with Crippen LogP contribution in [0.2, 0.25) is 0 Å². The van der Waals surface area contributed by atoms with Crippen molar-refractivity contribution >= 4 is 5.78 Å². The van der Waals surface area contributed by atoms with Gasteiger partial charge in [0, 0.05) is 12.0 Å². The SMILES string of the molecule is Cc1cc(C)c(C(=O)CC2CCCCCC2)c(C)c1. The Kier molecular flexibility index (Phi) is 4.79. The molecule has 1 aromatic rings. The van der Waals surface area contributed by atoms with Crippen LogP contribution in [-0.4, -0.2) is 5.78 Å². The zero-order valence-electron chi connectivity index (χ0n) is 12.6. The predicted octanol–water partition coefficient (Wildman–Crippen LogP) is 5.16. The minimum atomic E-state index is 0.363. The van der Waals surface area contributed by atoms with Gasteiger partial charge in [0.25, 0.3) is 0 Å². The zero-order valence-corrected chi connectivity index (χ0v) is 12.6. The number of Topliss-reactive ketones (excluding diaryl/α,β-unsaturated/α-hetero) is 1. The standard InChI is InChI=1S/C18H26O/c1-13-10-14(2)18(15(3)11-13)17(19)12-16-8-6-4-5-7-9-16/h10-11,16H,4-9,12H2,1-3H3. The maximum absolute atomic E-state index is 12.6. The summed E-state index contributed by atoms with van der Waals surface area (Å²) in [7, 11) is 0. The van der Waals surface area contributed by atoms with Crippen molar-refractivity contribution in [2.45, 2.75) is 65.7 Å². The lowest BCUT2D eigenvalue weighted by Gasteiger charge is -2.15. The van der Waals surface area contributed by atoms with Crippen LogP contribution in [0.25, 0.3) is 0 Å². The molecule has 1 aromatic carbocycles. The smallest absolute Gasteiger partial charge is 0.163 e. The molecular formula is C18H26O. The topological polar surface area (TPSA) is 17.1 Å². The fourth-order valence-corrected chi connectivity index (χ4v) is 3.55. The van der Waals surface area contributed by atoms with E-state index in [0.29, 0.717) is 11.7 Å². The van der Waals surface area contributed by atoms with Crippen LogP contribution in [0.5, 0.6) is 0 Å². The Bertz CT molecular complexity index is 428. The van der Waals surface area contributed by atoms with E-state index in [1.165, 1.54) is 44.1 Å².